The Balaban J connectivity index is 1.41. The Morgan fingerprint density at radius 2 is 1.59 bits per heavy atom. The fourth-order valence-electron chi connectivity index (χ4n) is 4.77. The van der Waals surface area contributed by atoms with E-state index in [0.717, 1.165) is 12.7 Å². The van der Waals surface area contributed by atoms with E-state index in [0.29, 0.717) is 30.0 Å². The Hall–Kier alpha value is -4.99. The Bertz CT molecular complexity index is 1710. The number of hydrogen-bond donors (Lipinski definition) is 4. The van der Waals surface area contributed by atoms with Gasteiger partial charge in [-0.05, 0) is 73.1 Å². The van der Waals surface area contributed by atoms with Gasteiger partial charge in [0.15, 0.2) is 6.61 Å². The van der Waals surface area contributed by atoms with Crippen molar-refractivity contribution in [1.29, 1.82) is 0 Å². The largest absolute Gasteiger partial charge is 0.467 e. The molecule has 1 aliphatic rings. The molecule has 274 valence electrons. The maximum Gasteiger partial charge on any atom is 0.422 e. The number of nitrogens with zero attached hydrogens (tertiary/aromatic N) is 3. The molecule has 0 bridgehead atoms. The number of hydrogen-bond acceptors (Lipinski definition) is 11. The maximum absolute atomic E-state index is 13.0. The topological polar surface area (TPSA) is 174 Å². The summed E-state index contributed by atoms with van der Waals surface area (Å²) in [5.41, 5.74) is 0.759. The summed E-state index contributed by atoms with van der Waals surface area (Å²) >= 11 is 6.02. The van der Waals surface area contributed by atoms with Crippen molar-refractivity contribution < 1.29 is 41.8 Å². The van der Waals surface area contributed by atoms with E-state index < -0.39 is 53.9 Å². The van der Waals surface area contributed by atoms with Gasteiger partial charge >= 0.3 is 18.2 Å². The van der Waals surface area contributed by atoms with Crippen molar-refractivity contribution in [2.45, 2.75) is 70.6 Å². The van der Waals surface area contributed by atoms with Crippen LogP contribution in [-0.4, -0.2) is 71.0 Å². The summed E-state index contributed by atoms with van der Waals surface area (Å²) in [6.07, 6.45) is -2.62. The van der Waals surface area contributed by atoms with Crippen LogP contribution in [0.3, 0.4) is 0 Å². The molecule has 2 amide bonds. The van der Waals surface area contributed by atoms with Crippen molar-refractivity contribution >= 4 is 52.8 Å². The molecule has 0 saturated heterocycles. The van der Waals surface area contributed by atoms with Gasteiger partial charge in [0.2, 0.25) is 17.7 Å². The number of nitrogens with one attached hydrogen (secondary N) is 4. The van der Waals surface area contributed by atoms with E-state index in [9.17, 15) is 32.3 Å². The predicted octanol–water partition coefficient (Wildman–Crippen LogP) is 5.48. The van der Waals surface area contributed by atoms with E-state index in [1.165, 1.54) is 24.3 Å². The van der Waals surface area contributed by atoms with Gasteiger partial charge in [0, 0.05) is 29.2 Å². The highest BCUT2D eigenvalue weighted by Crippen LogP contribution is 2.48. The zero-order valence-electron chi connectivity index (χ0n) is 28.4. The lowest BCUT2D eigenvalue weighted by Crippen LogP contribution is -2.44. The number of esters is 1. The number of carbonyl (C=O) groups excluding carboxylic acids is 4. The van der Waals surface area contributed by atoms with E-state index in [-0.39, 0.29) is 42.3 Å². The monoisotopic (exact) mass is 733 g/mol. The molecule has 51 heavy (non-hydrogen) atoms. The summed E-state index contributed by atoms with van der Waals surface area (Å²) in [6.45, 7) is 4.19. The van der Waals surface area contributed by atoms with Crippen LogP contribution < -0.4 is 26.0 Å². The van der Waals surface area contributed by atoms with Crippen LogP contribution in [0.25, 0.3) is 0 Å². The second kappa shape index (κ2) is 16.4. The average Bonchev–Trinajstić information content (AvgIpc) is 3.85. The van der Waals surface area contributed by atoms with Crippen LogP contribution in [0, 0.1) is 5.41 Å². The van der Waals surface area contributed by atoms with Crippen molar-refractivity contribution in [3.8, 4) is 6.01 Å². The van der Waals surface area contributed by atoms with Gasteiger partial charge in [-0.3, -0.25) is 14.4 Å². The standard InChI is InChI=1S/C34H39ClF3N7O6/c1-32(2,3)15-13-25(46)27(48)39-18-14-24(28(49)50-4)41-26(47)20-5-11-23(12-6-20)40-29-42-30(44-31(43-29)51-19-34(36,37)38)45-33(16-17-33)21-7-9-22(35)10-8-21/h5-12,24H,13-19H2,1-4H3,(H,39,48)(H,41,47)(H2,40,42,43,44,45)/t24-/m0/s1. The number of carbonyl (C=O) groups is 4. The van der Waals surface area contributed by atoms with Gasteiger partial charge in [-0.15, -0.1) is 0 Å². The lowest BCUT2D eigenvalue weighted by Gasteiger charge is -2.19. The molecule has 0 spiro atoms. The lowest BCUT2D eigenvalue weighted by molar-refractivity contribution is -0.154. The molecular weight excluding hydrogens is 695 g/mol. The minimum atomic E-state index is -4.63. The van der Waals surface area contributed by atoms with E-state index in [1.54, 1.807) is 12.1 Å². The number of ether oxygens (including phenoxy) is 2. The van der Waals surface area contributed by atoms with Gasteiger partial charge in [0.1, 0.15) is 6.04 Å². The molecule has 1 heterocycles. The van der Waals surface area contributed by atoms with Crippen molar-refractivity contribution in [3.05, 3.63) is 64.7 Å². The average molecular weight is 734 g/mol. The highest BCUT2D eigenvalue weighted by molar-refractivity contribution is 6.36. The summed E-state index contributed by atoms with van der Waals surface area (Å²) in [6, 6.07) is 11.3. The third-order valence-corrected chi connectivity index (χ3v) is 8.00. The van der Waals surface area contributed by atoms with Gasteiger partial charge in [-0.25, -0.2) is 4.79 Å². The third kappa shape index (κ3) is 12.1. The fourth-order valence-corrected chi connectivity index (χ4v) is 4.90. The van der Waals surface area contributed by atoms with E-state index >= 15 is 0 Å². The van der Waals surface area contributed by atoms with Gasteiger partial charge in [-0.2, -0.15) is 28.1 Å². The molecular formula is C34H39ClF3N7O6. The number of aromatic nitrogens is 3. The minimum Gasteiger partial charge on any atom is -0.467 e. The third-order valence-electron chi connectivity index (χ3n) is 7.75. The Morgan fingerprint density at radius 1 is 0.941 bits per heavy atom. The van der Waals surface area contributed by atoms with Crippen LogP contribution >= 0.6 is 11.6 Å². The first kappa shape index (κ1) is 38.8. The van der Waals surface area contributed by atoms with Crippen LogP contribution in [0.5, 0.6) is 6.01 Å². The van der Waals surface area contributed by atoms with Crippen molar-refractivity contribution in [2.24, 2.45) is 5.41 Å². The van der Waals surface area contributed by atoms with Gasteiger partial charge in [0.05, 0.1) is 12.6 Å². The highest BCUT2D eigenvalue weighted by Gasteiger charge is 2.45. The molecule has 13 nitrogen and oxygen atoms in total. The number of rotatable bonds is 16. The molecule has 0 aliphatic heterocycles. The number of halogens is 4. The fraction of sp³-hybridized carbons (Fsp3) is 0.441. The van der Waals surface area contributed by atoms with Gasteiger partial charge in [0.25, 0.3) is 11.8 Å². The summed E-state index contributed by atoms with van der Waals surface area (Å²) < 4.78 is 48.4. The molecule has 1 aromatic heterocycles. The summed E-state index contributed by atoms with van der Waals surface area (Å²) in [5.74, 6) is -2.87. The summed E-state index contributed by atoms with van der Waals surface area (Å²) in [7, 11) is 1.15. The molecule has 4 N–H and O–H groups in total. The van der Waals surface area contributed by atoms with Crippen LogP contribution in [0.4, 0.5) is 30.8 Å². The van der Waals surface area contributed by atoms with Crippen LogP contribution in [0.15, 0.2) is 48.5 Å². The molecule has 1 aliphatic carbocycles. The SMILES string of the molecule is COC(=O)[C@H](CCNC(=O)C(=O)CCC(C)(C)C)NC(=O)c1ccc(Nc2nc(NC3(c4ccc(Cl)cc4)CC3)nc(OCC(F)(F)F)n2)cc1. The van der Waals surface area contributed by atoms with Gasteiger partial charge < -0.3 is 30.7 Å². The molecule has 1 fully saturated rings. The Labute approximate surface area is 297 Å². The van der Waals surface area contributed by atoms with Crippen molar-refractivity contribution in [1.82, 2.24) is 25.6 Å². The molecule has 1 atom stereocenters. The highest BCUT2D eigenvalue weighted by atomic mass is 35.5. The number of alkyl halides is 3. The quantitative estimate of drug-likeness (QED) is 0.108. The zero-order valence-corrected chi connectivity index (χ0v) is 29.2. The van der Waals surface area contributed by atoms with Gasteiger partial charge in [-0.1, -0.05) is 44.5 Å². The zero-order chi connectivity index (χ0) is 37.4. The van der Waals surface area contributed by atoms with E-state index in [1.807, 2.05) is 32.9 Å². The van der Waals surface area contributed by atoms with Crippen LogP contribution in [0.2, 0.25) is 5.02 Å². The van der Waals surface area contributed by atoms with Crippen molar-refractivity contribution in [2.75, 3.05) is 30.9 Å². The molecule has 17 heteroatoms. The van der Waals surface area contributed by atoms with E-state index in [2.05, 4.69) is 36.2 Å². The normalized spacial score (nSPS) is 14.1. The van der Waals surface area contributed by atoms with Crippen molar-refractivity contribution in [3.63, 3.8) is 0 Å². The second-order valence-electron chi connectivity index (χ2n) is 13.2. The molecule has 4 rings (SSSR count). The van der Waals surface area contributed by atoms with E-state index in [4.69, 9.17) is 21.1 Å². The number of Topliss-reactive ketones (excluding diaryl/α,β-unsaturated/α-hetero) is 1. The predicted molar refractivity (Wildman–Crippen MR) is 182 cm³/mol. The molecule has 3 aromatic rings. The first-order chi connectivity index (χ1) is 23.9. The smallest absolute Gasteiger partial charge is 0.422 e. The number of methoxy groups -OCH3 is 1. The maximum atomic E-state index is 13.0. The number of benzene rings is 2. The van der Waals surface area contributed by atoms with Crippen LogP contribution in [0.1, 0.15) is 68.8 Å². The molecule has 2 aromatic carbocycles. The number of ketones is 1. The summed E-state index contributed by atoms with van der Waals surface area (Å²) in [4.78, 5) is 62.0. The summed E-state index contributed by atoms with van der Waals surface area (Å²) in [5, 5.41) is 11.7. The Kier molecular flexibility index (Phi) is 12.4. The number of amides is 2. The number of anilines is 3. The molecule has 1 saturated carbocycles. The minimum absolute atomic E-state index is 0.0209. The first-order valence-electron chi connectivity index (χ1n) is 16.0. The Morgan fingerprint density at radius 3 is 2.18 bits per heavy atom. The molecule has 0 unspecified atom stereocenters. The van der Waals surface area contributed by atoms with Crippen LogP contribution in [-0.2, 0) is 24.7 Å². The first-order valence-corrected chi connectivity index (χ1v) is 16.4. The lowest BCUT2D eigenvalue weighted by atomic mass is 9.89. The molecule has 0 radical (unpaired) electrons. The second-order valence-corrected chi connectivity index (χ2v) is 13.6.